The second-order valence-corrected chi connectivity index (χ2v) is 8.59. The fourth-order valence-electron chi connectivity index (χ4n) is 1.51. The summed E-state index contributed by atoms with van der Waals surface area (Å²) in [7, 11) is -2.45. The summed E-state index contributed by atoms with van der Waals surface area (Å²) in [6.45, 7) is 8.46. The van der Waals surface area contributed by atoms with E-state index in [2.05, 4.69) is 21.9 Å². The second-order valence-electron chi connectivity index (χ2n) is 5.02. The van der Waals surface area contributed by atoms with Crippen LogP contribution < -0.4 is 5.32 Å². The van der Waals surface area contributed by atoms with Crippen molar-refractivity contribution in [3.63, 3.8) is 0 Å². The molecule has 126 valence electrons. The van der Waals surface area contributed by atoms with Gasteiger partial charge in [0.2, 0.25) is 5.95 Å². The maximum absolute atomic E-state index is 12.6. The number of hydrogen-bond acceptors (Lipinski definition) is 4. The third-order valence-corrected chi connectivity index (χ3v) is 4.56. The van der Waals surface area contributed by atoms with Gasteiger partial charge in [-0.25, -0.2) is 9.97 Å². The molecule has 1 rings (SSSR count). The molecule has 1 aromatic heterocycles. The summed E-state index contributed by atoms with van der Waals surface area (Å²) in [5.74, 6) is -0.0681. The summed E-state index contributed by atoms with van der Waals surface area (Å²) in [4.78, 5) is 7.14. The van der Waals surface area contributed by atoms with Gasteiger partial charge in [-0.3, -0.25) is 0 Å². The van der Waals surface area contributed by atoms with E-state index in [1.165, 1.54) is 6.08 Å². The Labute approximate surface area is 137 Å². The number of nitrogens with one attached hydrogen (secondary N) is 1. The van der Waals surface area contributed by atoms with E-state index >= 15 is 0 Å². The molecule has 1 aromatic rings. The first kappa shape index (κ1) is 19.5. The summed E-state index contributed by atoms with van der Waals surface area (Å²) in [6, 6.07) is 0. The topological polar surface area (TPSA) is 54.9 Å². The quantitative estimate of drug-likeness (QED) is 0.445. The van der Waals surface area contributed by atoms with E-state index < -0.39 is 24.0 Å². The molecule has 0 amide bonds. The molecule has 0 unspecified atom stereocenters. The van der Waals surface area contributed by atoms with Gasteiger partial charge < -0.3 is 9.88 Å². The molecule has 4 nitrogen and oxygen atoms in total. The van der Waals surface area contributed by atoms with Gasteiger partial charge in [-0.2, -0.15) is 13.2 Å². The largest absolute Gasteiger partial charge is 0.420 e. The smallest absolute Gasteiger partial charge is 0.328 e. The van der Waals surface area contributed by atoms with Gasteiger partial charge in [0.25, 0.3) is 0 Å². The van der Waals surface area contributed by atoms with Crippen LogP contribution in [0.5, 0.6) is 0 Å². The maximum atomic E-state index is 12.6. The molecule has 0 aliphatic carbocycles. The fraction of sp³-hybridized carbons (Fsp3) is 0.286. The van der Waals surface area contributed by atoms with Crippen LogP contribution in [0.25, 0.3) is 0 Å². The molecule has 0 bridgehead atoms. The van der Waals surface area contributed by atoms with Gasteiger partial charge in [0, 0.05) is 17.2 Å². The van der Waals surface area contributed by atoms with Crippen molar-refractivity contribution >= 4 is 24.7 Å². The molecule has 0 saturated heterocycles. The Morgan fingerprint density at radius 1 is 1.39 bits per heavy atom. The molecule has 1 N–H and O–H groups in total. The van der Waals surface area contributed by atoms with Crippen molar-refractivity contribution in [3.8, 4) is 0 Å². The maximum Gasteiger partial charge on any atom is 0.420 e. The van der Waals surface area contributed by atoms with E-state index in [0.717, 1.165) is 0 Å². The summed E-state index contributed by atoms with van der Waals surface area (Å²) < 4.78 is 49.6. The van der Waals surface area contributed by atoms with Gasteiger partial charge in [-0.1, -0.05) is 24.3 Å². The lowest BCUT2D eigenvalue weighted by Crippen LogP contribution is -2.10. The van der Waals surface area contributed by atoms with Crippen LogP contribution in [-0.2, 0) is 10.7 Å². The molecule has 0 aliphatic heterocycles. The van der Waals surface area contributed by atoms with Gasteiger partial charge in [-0.05, 0) is 32.4 Å². The predicted molar refractivity (Wildman–Crippen MR) is 87.2 cm³/mol. The highest BCUT2D eigenvalue weighted by Crippen LogP contribution is 2.46. The van der Waals surface area contributed by atoms with E-state index in [1.54, 1.807) is 32.4 Å². The van der Waals surface area contributed by atoms with E-state index in [1.807, 2.05) is 0 Å². The first-order valence-corrected chi connectivity index (χ1v) is 9.36. The third kappa shape index (κ3) is 5.84. The average molecular weight is 366 g/mol. The number of nitrogens with zero attached hydrogens (tertiary/aromatic N) is 2. The highest BCUT2D eigenvalue weighted by molar-refractivity contribution is 7.66. The van der Waals surface area contributed by atoms with Crippen molar-refractivity contribution in [2.75, 3.05) is 18.6 Å². The van der Waals surface area contributed by atoms with Crippen molar-refractivity contribution in [1.29, 1.82) is 0 Å². The van der Waals surface area contributed by atoms with Crippen molar-refractivity contribution in [3.05, 3.63) is 52.7 Å². The van der Waals surface area contributed by atoms with Gasteiger partial charge in [0.05, 0.1) is 0 Å². The minimum Gasteiger partial charge on any atom is -0.328 e. The zero-order valence-electron chi connectivity index (χ0n) is 12.8. The minimum absolute atomic E-state index is 0.0681. The highest BCUT2D eigenvalue weighted by atomic mass is 35.5. The van der Waals surface area contributed by atoms with Crippen LogP contribution in [-0.4, -0.2) is 23.3 Å². The molecule has 9 heteroatoms. The van der Waals surface area contributed by atoms with Crippen molar-refractivity contribution < 1.29 is 17.7 Å². The van der Waals surface area contributed by atoms with Gasteiger partial charge in [0.15, 0.2) is 0 Å². The van der Waals surface area contributed by atoms with Crippen LogP contribution in [0.15, 0.2) is 42.0 Å². The molecule has 0 saturated carbocycles. The fourth-order valence-corrected chi connectivity index (χ4v) is 2.62. The number of halogens is 4. The normalized spacial score (nSPS) is 13.9. The number of hydrogen-bond donors (Lipinski definition) is 1. The molecule has 23 heavy (non-hydrogen) atoms. The van der Waals surface area contributed by atoms with E-state index in [-0.39, 0.29) is 5.95 Å². The van der Waals surface area contributed by atoms with E-state index in [0.29, 0.717) is 17.2 Å². The summed E-state index contributed by atoms with van der Waals surface area (Å²) in [6.07, 6.45) is 0.719. The van der Waals surface area contributed by atoms with Crippen molar-refractivity contribution in [1.82, 2.24) is 9.97 Å². The average Bonchev–Trinajstić information content (AvgIpc) is 2.36. The van der Waals surface area contributed by atoms with Crippen molar-refractivity contribution in [2.45, 2.75) is 13.1 Å². The molecule has 0 atom stereocenters. The van der Waals surface area contributed by atoms with Crippen LogP contribution in [0, 0.1) is 0 Å². The Balaban J connectivity index is 2.98. The van der Waals surface area contributed by atoms with Gasteiger partial charge in [-0.15, -0.1) is 0 Å². The minimum atomic E-state index is -4.61. The number of anilines is 1. The molecule has 0 aliphatic rings. The SMILES string of the molecule is C=C/C(=C\C=C(/C)Nc1ncc(C(F)(F)F)c(Cl)n1)P(C)(C)=O. The third-order valence-electron chi connectivity index (χ3n) is 2.69. The van der Waals surface area contributed by atoms with Gasteiger partial charge in [0.1, 0.15) is 17.9 Å². The molecular weight excluding hydrogens is 350 g/mol. The predicted octanol–water partition coefficient (Wildman–Crippen LogP) is 5.16. The Bertz CT molecular complexity index is 708. The van der Waals surface area contributed by atoms with Crippen molar-refractivity contribution in [2.24, 2.45) is 0 Å². The lowest BCUT2D eigenvalue weighted by Gasteiger charge is -2.10. The summed E-state index contributed by atoms with van der Waals surface area (Å²) in [5.41, 5.74) is -0.563. The van der Waals surface area contributed by atoms with Gasteiger partial charge >= 0.3 is 6.18 Å². The monoisotopic (exact) mass is 365 g/mol. The molecular formula is C14H16ClF3N3OP. The first-order valence-electron chi connectivity index (χ1n) is 6.38. The lowest BCUT2D eigenvalue weighted by atomic mass is 10.3. The molecule has 0 fully saturated rings. The Kier molecular flexibility index (Phi) is 6.19. The highest BCUT2D eigenvalue weighted by Gasteiger charge is 2.34. The summed E-state index contributed by atoms with van der Waals surface area (Å²) >= 11 is 5.51. The molecule has 0 radical (unpaired) electrons. The van der Waals surface area contributed by atoms with Crippen LogP contribution in [0.3, 0.4) is 0 Å². The first-order chi connectivity index (χ1) is 10.4. The molecule has 1 heterocycles. The zero-order chi connectivity index (χ0) is 17.8. The van der Waals surface area contributed by atoms with Crippen LogP contribution >= 0.6 is 18.7 Å². The Morgan fingerprint density at radius 2 is 2.00 bits per heavy atom. The standard InChI is InChI=1S/C14H16ClF3N3OP/c1-5-10(23(3,4)22)7-6-9(2)20-13-19-8-11(12(15)21-13)14(16,17)18/h5-8H,1H2,2-4H3,(H,19,20,21)/b9-6+,10-7+. The number of alkyl halides is 3. The Hall–Kier alpha value is -1.59. The van der Waals surface area contributed by atoms with Crippen LogP contribution in [0.1, 0.15) is 12.5 Å². The lowest BCUT2D eigenvalue weighted by molar-refractivity contribution is -0.137. The zero-order valence-corrected chi connectivity index (χ0v) is 14.4. The second kappa shape index (κ2) is 7.32. The van der Waals surface area contributed by atoms with Crippen LogP contribution in [0.4, 0.5) is 19.1 Å². The number of aromatic nitrogens is 2. The van der Waals surface area contributed by atoms with E-state index in [9.17, 15) is 17.7 Å². The Morgan fingerprint density at radius 3 is 2.43 bits per heavy atom. The number of rotatable bonds is 5. The molecule has 0 spiro atoms. The van der Waals surface area contributed by atoms with Crippen LogP contribution in [0.2, 0.25) is 5.15 Å². The number of allylic oxidation sites excluding steroid dienone is 5. The molecule has 0 aromatic carbocycles. The van der Waals surface area contributed by atoms with E-state index in [4.69, 9.17) is 11.6 Å². The summed E-state index contributed by atoms with van der Waals surface area (Å²) in [5, 5.41) is 2.60.